The number of anilines is 1. The molecule has 2 amide bonds. The van der Waals surface area contributed by atoms with E-state index in [2.05, 4.69) is 10.6 Å². The number of piperazine rings is 1. The molecule has 1 aliphatic carbocycles. The van der Waals surface area contributed by atoms with Gasteiger partial charge in [-0.2, -0.15) is 13.2 Å². The van der Waals surface area contributed by atoms with Gasteiger partial charge in [0.2, 0.25) is 5.91 Å². The zero-order valence-electron chi connectivity index (χ0n) is 13.6. The molecule has 0 aromatic heterocycles. The van der Waals surface area contributed by atoms with E-state index in [-0.39, 0.29) is 24.3 Å². The van der Waals surface area contributed by atoms with Crippen molar-refractivity contribution in [2.45, 2.75) is 31.5 Å². The average molecular weight is 355 g/mol. The number of halogens is 3. The molecular formula is C17H20F3N3O2. The SMILES string of the molecule is O=C(Nc1ccc(C(=O)N2CCNC(CC(F)(F)F)C2)cc1)C1CC1. The van der Waals surface area contributed by atoms with Crippen molar-refractivity contribution in [3.8, 4) is 0 Å². The van der Waals surface area contributed by atoms with Gasteiger partial charge in [-0.15, -0.1) is 0 Å². The summed E-state index contributed by atoms with van der Waals surface area (Å²) >= 11 is 0. The minimum Gasteiger partial charge on any atom is -0.336 e. The van der Waals surface area contributed by atoms with Crippen molar-refractivity contribution in [1.29, 1.82) is 0 Å². The second kappa shape index (κ2) is 7.03. The molecule has 2 N–H and O–H groups in total. The summed E-state index contributed by atoms with van der Waals surface area (Å²) in [6.45, 7) is 0.730. The smallest absolute Gasteiger partial charge is 0.336 e. The Morgan fingerprint density at radius 3 is 2.48 bits per heavy atom. The maximum absolute atomic E-state index is 12.5. The first-order chi connectivity index (χ1) is 11.8. The fraction of sp³-hybridized carbons (Fsp3) is 0.529. The standard InChI is InChI=1S/C17H20F3N3O2/c18-17(19,20)9-14-10-23(8-7-21-14)16(25)12-3-5-13(6-4-12)22-15(24)11-1-2-11/h3-6,11,14,21H,1-2,7-10H2,(H,22,24). The summed E-state index contributed by atoms with van der Waals surface area (Å²) in [5.41, 5.74) is 1.01. The van der Waals surface area contributed by atoms with Crippen molar-refractivity contribution >= 4 is 17.5 Å². The molecule has 5 nitrogen and oxygen atoms in total. The van der Waals surface area contributed by atoms with E-state index in [1.807, 2.05) is 0 Å². The van der Waals surface area contributed by atoms with E-state index in [1.165, 1.54) is 4.90 Å². The van der Waals surface area contributed by atoms with Crippen LogP contribution < -0.4 is 10.6 Å². The first-order valence-electron chi connectivity index (χ1n) is 8.32. The first kappa shape index (κ1) is 17.7. The van der Waals surface area contributed by atoms with Gasteiger partial charge in [-0.1, -0.05) is 0 Å². The summed E-state index contributed by atoms with van der Waals surface area (Å²) in [5.74, 6) is -0.224. The van der Waals surface area contributed by atoms with Crippen LogP contribution in [0, 0.1) is 5.92 Å². The molecule has 1 aliphatic heterocycles. The van der Waals surface area contributed by atoms with Crippen molar-refractivity contribution in [2.24, 2.45) is 5.92 Å². The lowest BCUT2D eigenvalue weighted by Gasteiger charge is -2.34. The normalized spacial score (nSPS) is 21.1. The largest absolute Gasteiger partial charge is 0.390 e. The fourth-order valence-electron chi connectivity index (χ4n) is 2.89. The van der Waals surface area contributed by atoms with Crippen LogP contribution in [-0.4, -0.2) is 48.6 Å². The summed E-state index contributed by atoms with van der Waals surface area (Å²) in [6, 6.07) is 5.68. The molecule has 1 unspecified atom stereocenters. The number of nitrogens with one attached hydrogen (secondary N) is 2. The van der Waals surface area contributed by atoms with Crippen LogP contribution in [0.15, 0.2) is 24.3 Å². The Hall–Kier alpha value is -2.09. The zero-order valence-corrected chi connectivity index (χ0v) is 13.6. The molecule has 1 saturated carbocycles. The van der Waals surface area contributed by atoms with Gasteiger partial charge in [-0.05, 0) is 37.1 Å². The Labute approximate surface area is 143 Å². The number of benzene rings is 1. The van der Waals surface area contributed by atoms with Crippen LogP contribution in [0.1, 0.15) is 29.6 Å². The predicted molar refractivity (Wildman–Crippen MR) is 86.2 cm³/mol. The summed E-state index contributed by atoms with van der Waals surface area (Å²) in [5, 5.41) is 5.58. The Morgan fingerprint density at radius 2 is 1.88 bits per heavy atom. The zero-order chi connectivity index (χ0) is 18.0. The number of hydrogen-bond donors (Lipinski definition) is 2. The van der Waals surface area contributed by atoms with Crippen molar-refractivity contribution in [1.82, 2.24) is 10.2 Å². The highest BCUT2D eigenvalue weighted by atomic mass is 19.4. The highest BCUT2D eigenvalue weighted by molar-refractivity contribution is 5.96. The van der Waals surface area contributed by atoms with Crippen LogP contribution in [0.3, 0.4) is 0 Å². The van der Waals surface area contributed by atoms with Crippen molar-refractivity contribution in [2.75, 3.05) is 25.0 Å². The van der Waals surface area contributed by atoms with E-state index in [0.717, 1.165) is 12.8 Å². The van der Waals surface area contributed by atoms with Crippen molar-refractivity contribution in [3.05, 3.63) is 29.8 Å². The second-order valence-electron chi connectivity index (χ2n) is 6.56. The van der Waals surface area contributed by atoms with Crippen LogP contribution in [0.25, 0.3) is 0 Å². The molecule has 1 saturated heterocycles. The van der Waals surface area contributed by atoms with Crippen LogP contribution in [0.2, 0.25) is 0 Å². The summed E-state index contributed by atoms with van der Waals surface area (Å²) in [7, 11) is 0. The van der Waals surface area contributed by atoms with Gasteiger partial charge < -0.3 is 15.5 Å². The molecule has 0 bridgehead atoms. The molecule has 3 rings (SSSR count). The van der Waals surface area contributed by atoms with Crippen LogP contribution in [-0.2, 0) is 4.79 Å². The highest BCUT2D eigenvalue weighted by Crippen LogP contribution is 2.30. The Balaban J connectivity index is 1.59. The molecule has 1 heterocycles. The topological polar surface area (TPSA) is 61.4 Å². The molecule has 1 aromatic rings. The van der Waals surface area contributed by atoms with Gasteiger partial charge in [0.1, 0.15) is 0 Å². The summed E-state index contributed by atoms with van der Waals surface area (Å²) in [4.78, 5) is 25.6. The number of carbonyl (C=O) groups is 2. The molecule has 136 valence electrons. The Bertz CT molecular complexity index is 642. The molecule has 0 spiro atoms. The van der Waals surface area contributed by atoms with Gasteiger partial charge in [0.25, 0.3) is 5.91 Å². The monoisotopic (exact) mass is 355 g/mol. The molecular weight excluding hydrogens is 335 g/mol. The van der Waals surface area contributed by atoms with Crippen molar-refractivity contribution < 1.29 is 22.8 Å². The van der Waals surface area contributed by atoms with Gasteiger partial charge in [0, 0.05) is 42.8 Å². The third-order valence-corrected chi connectivity index (χ3v) is 4.37. The summed E-state index contributed by atoms with van der Waals surface area (Å²) < 4.78 is 37.6. The molecule has 1 atom stereocenters. The lowest BCUT2D eigenvalue weighted by Crippen LogP contribution is -2.53. The quantitative estimate of drug-likeness (QED) is 0.872. The van der Waals surface area contributed by atoms with E-state index in [0.29, 0.717) is 24.3 Å². The fourth-order valence-corrected chi connectivity index (χ4v) is 2.89. The minimum atomic E-state index is -4.26. The van der Waals surface area contributed by atoms with Gasteiger partial charge in [-0.25, -0.2) is 0 Å². The molecule has 8 heteroatoms. The lowest BCUT2D eigenvalue weighted by molar-refractivity contribution is -0.141. The van der Waals surface area contributed by atoms with E-state index in [1.54, 1.807) is 24.3 Å². The number of hydrogen-bond acceptors (Lipinski definition) is 3. The van der Waals surface area contributed by atoms with Gasteiger partial charge >= 0.3 is 6.18 Å². The number of rotatable bonds is 4. The number of alkyl halides is 3. The maximum atomic E-state index is 12.5. The minimum absolute atomic E-state index is 0.0174. The summed E-state index contributed by atoms with van der Waals surface area (Å²) in [6.07, 6.45) is -3.40. The first-order valence-corrected chi connectivity index (χ1v) is 8.32. The molecule has 0 radical (unpaired) electrons. The van der Waals surface area contributed by atoms with Crippen molar-refractivity contribution in [3.63, 3.8) is 0 Å². The van der Waals surface area contributed by atoms with Crippen LogP contribution in [0.4, 0.5) is 18.9 Å². The van der Waals surface area contributed by atoms with E-state index in [4.69, 9.17) is 0 Å². The predicted octanol–water partition coefficient (Wildman–Crippen LogP) is 2.40. The number of nitrogens with zero attached hydrogens (tertiary/aromatic N) is 1. The number of amides is 2. The van der Waals surface area contributed by atoms with E-state index in [9.17, 15) is 22.8 Å². The van der Waals surface area contributed by atoms with E-state index >= 15 is 0 Å². The third-order valence-electron chi connectivity index (χ3n) is 4.37. The second-order valence-corrected chi connectivity index (χ2v) is 6.56. The number of carbonyl (C=O) groups excluding carboxylic acids is 2. The molecule has 1 aromatic carbocycles. The maximum Gasteiger partial charge on any atom is 0.390 e. The van der Waals surface area contributed by atoms with E-state index < -0.39 is 18.6 Å². The van der Waals surface area contributed by atoms with Gasteiger partial charge in [0.15, 0.2) is 0 Å². The average Bonchev–Trinajstić information content (AvgIpc) is 3.38. The van der Waals surface area contributed by atoms with Gasteiger partial charge in [-0.3, -0.25) is 9.59 Å². The molecule has 2 aliphatic rings. The molecule has 2 fully saturated rings. The highest BCUT2D eigenvalue weighted by Gasteiger charge is 2.35. The third kappa shape index (κ3) is 4.94. The van der Waals surface area contributed by atoms with Crippen LogP contribution >= 0.6 is 0 Å². The lowest BCUT2D eigenvalue weighted by atomic mass is 10.1. The van der Waals surface area contributed by atoms with Crippen LogP contribution in [0.5, 0.6) is 0 Å². The Morgan fingerprint density at radius 1 is 1.20 bits per heavy atom. The Kier molecular flexibility index (Phi) is 4.99. The van der Waals surface area contributed by atoms with Gasteiger partial charge in [0.05, 0.1) is 6.42 Å². The molecule has 25 heavy (non-hydrogen) atoms.